The average molecular weight is 469 g/mol. The van der Waals surface area contributed by atoms with Crippen molar-refractivity contribution in [1.82, 2.24) is 10.6 Å². The summed E-state index contributed by atoms with van der Waals surface area (Å²) in [4.78, 5) is 36.0. The van der Waals surface area contributed by atoms with Crippen LogP contribution in [0.4, 0.5) is 4.79 Å². The molecule has 0 saturated heterocycles. The molecular formula is C26H32N2O6. The summed E-state index contributed by atoms with van der Waals surface area (Å²) < 4.78 is 10.6. The van der Waals surface area contributed by atoms with Crippen LogP contribution in [0, 0.1) is 5.92 Å². The van der Waals surface area contributed by atoms with Crippen LogP contribution in [0.25, 0.3) is 11.1 Å². The number of carboxylic acids is 1. The number of benzene rings is 2. The highest BCUT2D eigenvalue weighted by atomic mass is 16.5. The summed E-state index contributed by atoms with van der Waals surface area (Å²) in [5.74, 6) is -1.29. The van der Waals surface area contributed by atoms with Gasteiger partial charge in [0.1, 0.15) is 12.6 Å². The van der Waals surface area contributed by atoms with Crippen molar-refractivity contribution in [2.75, 3.05) is 26.9 Å². The normalized spacial score (nSPS) is 13.9. The Kier molecular flexibility index (Phi) is 9.04. The topological polar surface area (TPSA) is 114 Å². The third-order valence-electron chi connectivity index (χ3n) is 6.04. The zero-order valence-electron chi connectivity index (χ0n) is 19.6. The smallest absolute Gasteiger partial charge is 0.407 e. The van der Waals surface area contributed by atoms with Crippen LogP contribution in [-0.4, -0.2) is 56.0 Å². The molecule has 2 unspecified atom stereocenters. The fourth-order valence-corrected chi connectivity index (χ4v) is 4.16. The molecule has 2 aromatic rings. The van der Waals surface area contributed by atoms with E-state index in [4.69, 9.17) is 14.6 Å². The number of methoxy groups -OCH3 is 1. The van der Waals surface area contributed by atoms with Gasteiger partial charge in [-0.1, -0.05) is 55.5 Å². The van der Waals surface area contributed by atoms with Gasteiger partial charge < -0.3 is 25.2 Å². The predicted octanol–water partition coefficient (Wildman–Crippen LogP) is 3.55. The number of carbonyl (C=O) groups is 3. The molecule has 2 atom stereocenters. The largest absolute Gasteiger partial charge is 0.481 e. The van der Waals surface area contributed by atoms with Crippen LogP contribution in [-0.2, 0) is 19.1 Å². The number of ether oxygens (including phenoxy) is 2. The lowest BCUT2D eigenvalue weighted by molar-refractivity contribution is -0.137. The van der Waals surface area contributed by atoms with Gasteiger partial charge >= 0.3 is 12.1 Å². The molecule has 0 saturated carbocycles. The van der Waals surface area contributed by atoms with E-state index in [-0.39, 0.29) is 43.8 Å². The number of hydrogen-bond acceptors (Lipinski definition) is 5. The van der Waals surface area contributed by atoms with Crippen molar-refractivity contribution in [3.8, 4) is 11.1 Å². The maximum Gasteiger partial charge on any atom is 0.407 e. The molecule has 2 amide bonds. The number of aliphatic carboxylic acids is 1. The first kappa shape index (κ1) is 25.2. The van der Waals surface area contributed by atoms with E-state index in [0.29, 0.717) is 13.0 Å². The lowest BCUT2D eigenvalue weighted by atomic mass is 9.98. The van der Waals surface area contributed by atoms with Crippen LogP contribution < -0.4 is 10.6 Å². The molecule has 182 valence electrons. The zero-order valence-corrected chi connectivity index (χ0v) is 19.6. The molecule has 34 heavy (non-hydrogen) atoms. The Morgan fingerprint density at radius 2 is 1.62 bits per heavy atom. The van der Waals surface area contributed by atoms with Gasteiger partial charge in [0, 0.05) is 39.0 Å². The van der Waals surface area contributed by atoms with Gasteiger partial charge in [0.05, 0.1) is 0 Å². The molecule has 3 rings (SSSR count). The minimum absolute atomic E-state index is 0.00224. The van der Waals surface area contributed by atoms with Crippen molar-refractivity contribution >= 4 is 18.0 Å². The highest BCUT2D eigenvalue weighted by Crippen LogP contribution is 2.44. The summed E-state index contributed by atoms with van der Waals surface area (Å²) in [5.41, 5.74) is 4.50. The Morgan fingerprint density at radius 1 is 1.00 bits per heavy atom. The van der Waals surface area contributed by atoms with Gasteiger partial charge in [0.15, 0.2) is 0 Å². The van der Waals surface area contributed by atoms with E-state index in [1.165, 1.54) is 7.11 Å². The standard InChI is InChI=1S/C26H32N2O6/c1-17(11-12-24(29)30)15-27-25(31)23(13-14-33-2)28-26(32)34-16-22-20-9-5-3-7-18(20)19-8-4-6-10-21(19)22/h3-10,17,22-23H,11-16H2,1-2H3,(H,27,31)(H,28,32)(H,29,30). The maximum absolute atomic E-state index is 12.7. The Balaban J connectivity index is 1.56. The maximum atomic E-state index is 12.7. The number of nitrogens with one attached hydrogen (secondary N) is 2. The van der Waals surface area contributed by atoms with E-state index in [1.807, 2.05) is 43.3 Å². The third-order valence-corrected chi connectivity index (χ3v) is 6.04. The molecule has 0 aromatic heterocycles. The number of alkyl carbamates (subject to hydrolysis) is 1. The van der Waals surface area contributed by atoms with Crippen molar-refractivity contribution in [3.05, 3.63) is 59.7 Å². The summed E-state index contributed by atoms with van der Waals surface area (Å²) in [6.07, 6.45) is 0.119. The lowest BCUT2D eigenvalue weighted by Gasteiger charge is -2.20. The number of amides is 2. The molecule has 0 heterocycles. The van der Waals surface area contributed by atoms with E-state index in [2.05, 4.69) is 22.8 Å². The molecule has 0 fully saturated rings. The molecule has 2 aromatic carbocycles. The molecule has 0 aliphatic heterocycles. The Morgan fingerprint density at radius 3 is 2.21 bits per heavy atom. The first-order valence-electron chi connectivity index (χ1n) is 11.5. The molecule has 3 N–H and O–H groups in total. The second-order valence-electron chi connectivity index (χ2n) is 8.59. The van der Waals surface area contributed by atoms with Gasteiger partial charge in [-0.15, -0.1) is 0 Å². The van der Waals surface area contributed by atoms with Crippen molar-refractivity contribution in [2.45, 2.75) is 38.1 Å². The number of carboxylic acid groups (broad SMARTS) is 1. The van der Waals surface area contributed by atoms with Gasteiger partial charge in [-0.2, -0.15) is 0 Å². The monoisotopic (exact) mass is 468 g/mol. The summed E-state index contributed by atoms with van der Waals surface area (Å²) in [6.45, 7) is 2.63. The summed E-state index contributed by atoms with van der Waals surface area (Å²) in [6, 6.07) is 15.3. The van der Waals surface area contributed by atoms with Crippen LogP contribution in [0.3, 0.4) is 0 Å². The number of fused-ring (bicyclic) bond motifs is 3. The number of rotatable bonds is 12. The quantitative estimate of drug-likeness (QED) is 0.439. The van der Waals surface area contributed by atoms with Crippen LogP contribution in [0.1, 0.15) is 43.2 Å². The molecule has 8 nitrogen and oxygen atoms in total. The minimum Gasteiger partial charge on any atom is -0.481 e. The minimum atomic E-state index is -0.868. The van der Waals surface area contributed by atoms with E-state index in [0.717, 1.165) is 22.3 Å². The van der Waals surface area contributed by atoms with Crippen LogP contribution in [0.5, 0.6) is 0 Å². The van der Waals surface area contributed by atoms with Gasteiger partial charge in [-0.3, -0.25) is 9.59 Å². The van der Waals surface area contributed by atoms with Crippen LogP contribution in [0.2, 0.25) is 0 Å². The molecule has 0 bridgehead atoms. The lowest BCUT2D eigenvalue weighted by Crippen LogP contribution is -2.48. The molecule has 1 aliphatic rings. The van der Waals surface area contributed by atoms with Crippen molar-refractivity contribution in [2.24, 2.45) is 5.92 Å². The fourth-order valence-electron chi connectivity index (χ4n) is 4.16. The van der Waals surface area contributed by atoms with Gasteiger partial charge in [0.2, 0.25) is 5.91 Å². The average Bonchev–Trinajstić information content (AvgIpc) is 3.16. The molecular weight excluding hydrogens is 436 g/mol. The second kappa shape index (κ2) is 12.2. The first-order valence-corrected chi connectivity index (χ1v) is 11.5. The number of hydrogen-bond donors (Lipinski definition) is 3. The first-order chi connectivity index (χ1) is 16.4. The zero-order chi connectivity index (χ0) is 24.5. The van der Waals surface area contributed by atoms with Crippen LogP contribution >= 0.6 is 0 Å². The molecule has 0 spiro atoms. The molecule has 0 radical (unpaired) electrons. The third kappa shape index (κ3) is 6.57. The highest BCUT2D eigenvalue weighted by molar-refractivity contribution is 5.85. The molecule has 8 heteroatoms. The molecule has 1 aliphatic carbocycles. The van der Waals surface area contributed by atoms with Gasteiger partial charge in [-0.25, -0.2) is 4.79 Å². The summed E-state index contributed by atoms with van der Waals surface area (Å²) >= 11 is 0. The van der Waals surface area contributed by atoms with Crippen molar-refractivity contribution in [3.63, 3.8) is 0 Å². The Bertz CT molecular complexity index is 963. The fraction of sp³-hybridized carbons (Fsp3) is 0.423. The van der Waals surface area contributed by atoms with E-state index in [1.54, 1.807) is 0 Å². The SMILES string of the molecule is COCCC(NC(=O)OCC1c2ccccc2-c2ccccc21)C(=O)NCC(C)CCC(=O)O. The van der Waals surface area contributed by atoms with E-state index < -0.39 is 18.1 Å². The van der Waals surface area contributed by atoms with E-state index in [9.17, 15) is 14.4 Å². The Labute approximate surface area is 199 Å². The van der Waals surface area contributed by atoms with Gasteiger partial charge in [0.25, 0.3) is 0 Å². The number of carbonyl (C=O) groups excluding carboxylic acids is 2. The highest BCUT2D eigenvalue weighted by Gasteiger charge is 2.29. The van der Waals surface area contributed by atoms with Crippen molar-refractivity contribution < 1.29 is 29.0 Å². The summed E-state index contributed by atoms with van der Waals surface area (Å²) in [7, 11) is 1.52. The summed E-state index contributed by atoms with van der Waals surface area (Å²) in [5, 5.41) is 14.2. The predicted molar refractivity (Wildman–Crippen MR) is 128 cm³/mol. The van der Waals surface area contributed by atoms with Crippen molar-refractivity contribution in [1.29, 1.82) is 0 Å². The van der Waals surface area contributed by atoms with Crippen LogP contribution in [0.15, 0.2) is 48.5 Å². The Hall–Kier alpha value is -3.39. The second-order valence-corrected chi connectivity index (χ2v) is 8.59. The van der Waals surface area contributed by atoms with Gasteiger partial charge in [-0.05, 0) is 34.6 Å². The van der Waals surface area contributed by atoms with E-state index >= 15 is 0 Å².